The van der Waals surface area contributed by atoms with Gasteiger partial charge >= 0.3 is 5.97 Å². The quantitative estimate of drug-likeness (QED) is 0.796. The largest absolute Gasteiger partial charge is 0.461 e. The van der Waals surface area contributed by atoms with Crippen LogP contribution in [0.1, 0.15) is 23.1 Å². The monoisotopic (exact) mass is 282 g/mol. The Kier molecular flexibility index (Phi) is 2.96. The van der Waals surface area contributed by atoms with Crippen molar-refractivity contribution in [1.29, 1.82) is 0 Å². The molecular weight excluding hydrogens is 272 g/mol. The molecule has 0 aliphatic rings. The second kappa shape index (κ2) is 4.25. The third-order valence-electron chi connectivity index (χ3n) is 2.33. The van der Waals surface area contributed by atoms with Crippen molar-refractivity contribution in [3.05, 3.63) is 34.2 Å². The molecular formula is C11H11BrN2O2. The molecule has 16 heavy (non-hydrogen) atoms. The highest BCUT2D eigenvalue weighted by Gasteiger charge is 2.15. The fraction of sp³-hybridized carbons (Fsp3) is 0.273. The van der Waals surface area contributed by atoms with Crippen LogP contribution in [0.5, 0.6) is 0 Å². The number of ether oxygens (including phenoxy) is 1. The van der Waals surface area contributed by atoms with Gasteiger partial charge in [0, 0.05) is 10.2 Å². The molecule has 2 heterocycles. The molecule has 0 aliphatic heterocycles. The number of esters is 1. The van der Waals surface area contributed by atoms with E-state index >= 15 is 0 Å². The first-order valence-corrected chi connectivity index (χ1v) is 5.74. The topological polar surface area (TPSA) is 43.6 Å². The van der Waals surface area contributed by atoms with E-state index < -0.39 is 0 Å². The highest BCUT2D eigenvalue weighted by atomic mass is 79.9. The zero-order valence-corrected chi connectivity index (χ0v) is 10.6. The third kappa shape index (κ3) is 1.71. The second-order valence-electron chi connectivity index (χ2n) is 3.32. The lowest BCUT2D eigenvalue weighted by Crippen LogP contribution is -2.09. The highest BCUT2D eigenvalue weighted by molar-refractivity contribution is 9.10. The van der Waals surface area contributed by atoms with Crippen LogP contribution in [0, 0.1) is 6.92 Å². The van der Waals surface area contributed by atoms with E-state index in [-0.39, 0.29) is 5.97 Å². The number of hydrogen-bond acceptors (Lipinski definition) is 3. The molecule has 0 unspecified atom stereocenters. The van der Waals surface area contributed by atoms with Crippen LogP contribution in [0.25, 0.3) is 5.65 Å². The number of nitrogens with zero attached hydrogens (tertiary/aromatic N) is 2. The van der Waals surface area contributed by atoms with Gasteiger partial charge in [-0.2, -0.15) is 0 Å². The summed E-state index contributed by atoms with van der Waals surface area (Å²) in [5.74, 6) is -0.351. The molecule has 0 fully saturated rings. The maximum atomic E-state index is 11.7. The average Bonchev–Trinajstić information content (AvgIpc) is 2.68. The van der Waals surface area contributed by atoms with Crippen LogP contribution in [0.4, 0.5) is 0 Å². The molecule has 0 bridgehead atoms. The Morgan fingerprint density at radius 3 is 3.00 bits per heavy atom. The van der Waals surface area contributed by atoms with Crippen LogP contribution >= 0.6 is 15.9 Å². The van der Waals surface area contributed by atoms with Crippen molar-refractivity contribution in [3.63, 3.8) is 0 Å². The lowest BCUT2D eigenvalue weighted by atomic mass is 10.3. The van der Waals surface area contributed by atoms with Gasteiger partial charge in [0.1, 0.15) is 5.65 Å². The molecule has 0 atom stereocenters. The number of aryl methyl sites for hydroxylation is 1. The summed E-state index contributed by atoms with van der Waals surface area (Å²) in [6, 6.07) is 3.76. The minimum Gasteiger partial charge on any atom is -0.461 e. The van der Waals surface area contributed by atoms with Crippen molar-refractivity contribution < 1.29 is 9.53 Å². The maximum Gasteiger partial charge on any atom is 0.356 e. The predicted molar refractivity (Wildman–Crippen MR) is 63.6 cm³/mol. The van der Waals surface area contributed by atoms with Crippen LogP contribution in [0.15, 0.2) is 22.8 Å². The SMILES string of the molecule is CCOC(=O)c1cnc2ccc(Br)c(C)n12. The van der Waals surface area contributed by atoms with Crippen LogP contribution < -0.4 is 0 Å². The summed E-state index contributed by atoms with van der Waals surface area (Å²) >= 11 is 3.42. The first-order chi connectivity index (χ1) is 7.65. The minimum atomic E-state index is -0.351. The van der Waals surface area contributed by atoms with E-state index in [0.717, 1.165) is 15.8 Å². The van der Waals surface area contributed by atoms with Crippen molar-refractivity contribution in [1.82, 2.24) is 9.38 Å². The molecule has 0 aliphatic carbocycles. The number of imidazole rings is 1. The first kappa shape index (κ1) is 11.1. The molecule has 2 rings (SSSR count). The Balaban J connectivity index is 2.63. The summed E-state index contributed by atoms with van der Waals surface area (Å²) in [5.41, 5.74) is 2.12. The summed E-state index contributed by atoms with van der Waals surface area (Å²) in [6.45, 7) is 4.06. The van der Waals surface area contributed by atoms with E-state index in [4.69, 9.17) is 4.74 Å². The fourth-order valence-corrected chi connectivity index (χ4v) is 1.87. The maximum absolute atomic E-state index is 11.7. The average molecular weight is 283 g/mol. The number of carbonyl (C=O) groups excluding carboxylic acids is 1. The molecule has 5 heteroatoms. The molecule has 0 saturated heterocycles. The van der Waals surface area contributed by atoms with Gasteiger partial charge in [0.05, 0.1) is 12.8 Å². The zero-order valence-electron chi connectivity index (χ0n) is 9.03. The molecule has 2 aromatic rings. The first-order valence-electron chi connectivity index (χ1n) is 4.94. The van der Waals surface area contributed by atoms with Gasteiger partial charge in [-0.25, -0.2) is 9.78 Å². The Morgan fingerprint density at radius 2 is 2.31 bits per heavy atom. The Bertz CT molecular complexity index is 548. The second-order valence-corrected chi connectivity index (χ2v) is 4.18. The van der Waals surface area contributed by atoms with Gasteiger partial charge < -0.3 is 4.74 Å². The number of hydrogen-bond donors (Lipinski definition) is 0. The van der Waals surface area contributed by atoms with E-state index in [1.165, 1.54) is 6.20 Å². The molecule has 0 radical (unpaired) electrons. The van der Waals surface area contributed by atoms with Crippen molar-refractivity contribution in [2.75, 3.05) is 6.61 Å². The molecule has 0 saturated carbocycles. The van der Waals surface area contributed by atoms with Gasteiger partial charge in [-0.15, -0.1) is 0 Å². The van der Waals surface area contributed by atoms with Gasteiger partial charge in [-0.3, -0.25) is 4.40 Å². The molecule has 84 valence electrons. The van der Waals surface area contributed by atoms with Crippen molar-refractivity contribution in [2.24, 2.45) is 0 Å². The van der Waals surface area contributed by atoms with E-state index in [1.54, 1.807) is 11.3 Å². The van der Waals surface area contributed by atoms with Crippen molar-refractivity contribution >= 4 is 27.5 Å². The standard InChI is InChI=1S/C11H11BrN2O2/c1-3-16-11(15)9-6-13-10-5-4-8(12)7(2)14(9)10/h4-6H,3H2,1-2H3. The number of fused-ring (bicyclic) bond motifs is 1. The van der Waals surface area contributed by atoms with Crippen molar-refractivity contribution in [2.45, 2.75) is 13.8 Å². The number of pyridine rings is 1. The van der Waals surface area contributed by atoms with Gasteiger partial charge in [0.2, 0.25) is 0 Å². The number of carbonyl (C=O) groups is 1. The van der Waals surface area contributed by atoms with Crippen LogP contribution in [0.2, 0.25) is 0 Å². The van der Waals surface area contributed by atoms with E-state index in [9.17, 15) is 4.79 Å². The van der Waals surface area contributed by atoms with Gasteiger partial charge in [0.25, 0.3) is 0 Å². The zero-order chi connectivity index (χ0) is 11.7. The van der Waals surface area contributed by atoms with Crippen LogP contribution in [-0.2, 0) is 4.74 Å². The summed E-state index contributed by atoms with van der Waals surface area (Å²) in [7, 11) is 0. The Morgan fingerprint density at radius 1 is 1.56 bits per heavy atom. The lowest BCUT2D eigenvalue weighted by Gasteiger charge is -2.06. The van der Waals surface area contributed by atoms with Crippen molar-refractivity contribution in [3.8, 4) is 0 Å². The summed E-state index contributed by atoms with van der Waals surface area (Å²) in [5, 5.41) is 0. The molecule has 0 N–H and O–H groups in total. The smallest absolute Gasteiger partial charge is 0.356 e. The predicted octanol–water partition coefficient (Wildman–Crippen LogP) is 2.58. The number of rotatable bonds is 2. The summed E-state index contributed by atoms with van der Waals surface area (Å²) in [6.07, 6.45) is 1.53. The van der Waals surface area contributed by atoms with E-state index in [1.807, 2.05) is 19.1 Å². The molecule has 0 aromatic carbocycles. The summed E-state index contributed by atoms with van der Waals surface area (Å²) < 4.78 is 7.69. The third-order valence-corrected chi connectivity index (χ3v) is 3.17. The van der Waals surface area contributed by atoms with Crippen LogP contribution in [-0.4, -0.2) is 22.0 Å². The minimum absolute atomic E-state index is 0.351. The van der Waals surface area contributed by atoms with E-state index in [0.29, 0.717) is 12.3 Å². The molecule has 0 spiro atoms. The summed E-state index contributed by atoms with van der Waals surface area (Å²) in [4.78, 5) is 15.9. The fourth-order valence-electron chi connectivity index (χ4n) is 1.56. The van der Waals surface area contributed by atoms with Gasteiger partial charge in [-0.05, 0) is 41.9 Å². The number of aromatic nitrogens is 2. The van der Waals surface area contributed by atoms with Gasteiger partial charge in [-0.1, -0.05) is 0 Å². The number of halogens is 1. The van der Waals surface area contributed by atoms with E-state index in [2.05, 4.69) is 20.9 Å². The van der Waals surface area contributed by atoms with Crippen LogP contribution in [0.3, 0.4) is 0 Å². The highest BCUT2D eigenvalue weighted by Crippen LogP contribution is 2.19. The normalized spacial score (nSPS) is 10.7. The lowest BCUT2D eigenvalue weighted by molar-refractivity contribution is 0.0518. The molecule has 0 amide bonds. The van der Waals surface area contributed by atoms with Gasteiger partial charge in [0.15, 0.2) is 5.69 Å². The molecule has 2 aromatic heterocycles. The molecule has 4 nitrogen and oxygen atoms in total. The Hall–Kier alpha value is -1.36. The Labute approximate surface area is 101 Å².